The lowest BCUT2D eigenvalue weighted by molar-refractivity contribution is 0.249. The van der Waals surface area contributed by atoms with Crippen molar-refractivity contribution in [2.45, 2.75) is 26.4 Å². The van der Waals surface area contributed by atoms with Crippen molar-refractivity contribution in [2.24, 2.45) is 4.36 Å². The van der Waals surface area contributed by atoms with E-state index in [1.165, 1.54) is 5.56 Å². The molecule has 31 heavy (non-hydrogen) atoms. The fraction of sp³-hybridized carbons (Fsp3) is 0.348. The minimum Gasteiger partial charge on any atom is -0.370 e. The van der Waals surface area contributed by atoms with Gasteiger partial charge in [-0.1, -0.05) is 65.3 Å². The summed E-state index contributed by atoms with van der Waals surface area (Å²) in [5.41, 5.74) is 6.55. The highest BCUT2D eigenvalue weighted by Crippen LogP contribution is 2.40. The second-order valence-corrected chi connectivity index (χ2v) is 9.57. The summed E-state index contributed by atoms with van der Waals surface area (Å²) in [6.45, 7) is 4.06. The number of urea groups is 1. The predicted octanol–water partition coefficient (Wildman–Crippen LogP) is 4.11. The molecule has 1 N–H and O–H groups in total. The van der Waals surface area contributed by atoms with Gasteiger partial charge in [0.1, 0.15) is 5.69 Å². The third kappa shape index (κ3) is 4.54. The van der Waals surface area contributed by atoms with Crippen LogP contribution >= 0.6 is 0 Å². The van der Waals surface area contributed by atoms with Gasteiger partial charge in [0.2, 0.25) is 0 Å². The van der Waals surface area contributed by atoms with Gasteiger partial charge in [-0.05, 0) is 24.3 Å². The maximum atomic E-state index is 11.9. The summed E-state index contributed by atoms with van der Waals surface area (Å²) in [5, 5.41) is 12.0. The van der Waals surface area contributed by atoms with Crippen LogP contribution in [0.3, 0.4) is 0 Å². The van der Waals surface area contributed by atoms with E-state index in [1.807, 2.05) is 23.9 Å². The minimum absolute atomic E-state index is 0.216. The molecular formula is C23H28N6OS. The van der Waals surface area contributed by atoms with Gasteiger partial charge in [0.25, 0.3) is 0 Å². The van der Waals surface area contributed by atoms with Crippen molar-refractivity contribution in [1.29, 1.82) is 0 Å². The maximum absolute atomic E-state index is 11.9. The van der Waals surface area contributed by atoms with E-state index in [0.717, 1.165) is 46.9 Å². The van der Waals surface area contributed by atoms with Gasteiger partial charge in [-0.2, -0.15) is 4.36 Å². The molecule has 4 rings (SSSR count). The average molecular weight is 437 g/mol. The van der Waals surface area contributed by atoms with Crippen LogP contribution in [0.1, 0.15) is 18.9 Å². The number of para-hydroxylation sites is 1. The number of nitrogens with zero attached hydrogens (tertiary/aromatic N) is 5. The van der Waals surface area contributed by atoms with Gasteiger partial charge in [0.05, 0.1) is 5.69 Å². The number of carbonyl (C=O) groups is 1. The molecule has 0 saturated heterocycles. The molecule has 1 unspecified atom stereocenters. The Labute approximate surface area is 185 Å². The number of aromatic nitrogens is 3. The highest BCUT2D eigenvalue weighted by Gasteiger charge is 2.24. The van der Waals surface area contributed by atoms with Crippen LogP contribution in [0.15, 0.2) is 52.9 Å². The van der Waals surface area contributed by atoms with Gasteiger partial charge in [0, 0.05) is 49.2 Å². The standard InChI is InChI=1S/C23H28N6OS/c1-4-31(3)26-23(30)24-14-9-15-29-22-19-12-7-8-13-20(19)28(2)16-17-10-5-6-11-18(17)21(22)25-27-29/h5-8,10-13H,4,9,14-16H2,1-3H3,(H,24,30). The van der Waals surface area contributed by atoms with E-state index in [9.17, 15) is 4.79 Å². The van der Waals surface area contributed by atoms with Gasteiger partial charge in [-0.3, -0.25) is 0 Å². The minimum atomic E-state index is -0.234. The smallest absolute Gasteiger partial charge is 0.346 e. The number of rotatable bonds is 5. The molecule has 8 heteroatoms. The maximum Gasteiger partial charge on any atom is 0.346 e. The van der Waals surface area contributed by atoms with Crippen molar-refractivity contribution in [3.8, 4) is 22.5 Å². The van der Waals surface area contributed by atoms with Gasteiger partial charge in [-0.15, -0.1) is 5.10 Å². The molecule has 0 aliphatic carbocycles. The van der Waals surface area contributed by atoms with Crippen LogP contribution in [0.4, 0.5) is 10.5 Å². The van der Waals surface area contributed by atoms with Crippen LogP contribution in [0.2, 0.25) is 0 Å². The largest absolute Gasteiger partial charge is 0.370 e. The first-order valence-corrected chi connectivity index (χ1v) is 12.3. The first kappa shape index (κ1) is 21.2. The van der Waals surface area contributed by atoms with Crippen LogP contribution in [0.5, 0.6) is 0 Å². The fourth-order valence-corrected chi connectivity index (χ4v) is 4.29. The summed E-state index contributed by atoms with van der Waals surface area (Å²) >= 11 is 0. The number of nitrogens with one attached hydrogen (secondary N) is 1. The van der Waals surface area contributed by atoms with E-state index in [2.05, 4.69) is 74.4 Å². The quantitative estimate of drug-likeness (QED) is 0.611. The number of benzene rings is 2. The van der Waals surface area contributed by atoms with Crippen LogP contribution < -0.4 is 10.2 Å². The number of carbonyl (C=O) groups excluding carboxylic acids is 1. The molecule has 0 fully saturated rings. The zero-order chi connectivity index (χ0) is 21.8. The Balaban J connectivity index is 1.63. The Morgan fingerprint density at radius 1 is 1.16 bits per heavy atom. The highest BCUT2D eigenvalue weighted by molar-refractivity contribution is 7.86. The molecule has 2 amide bonds. The molecular weight excluding hydrogens is 408 g/mol. The Bertz CT molecular complexity index is 1120. The molecule has 162 valence electrons. The van der Waals surface area contributed by atoms with Gasteiger partial charge in [0.15, 0.2) is 0 Å². The normalized spacial score (nSPS) is 13.6. The molecule has 0 bridgehead atoms. The number of hydrogen-bond acceptors (Lipinski definition) is 4. The fourth-order valence-electron chi connectivity index (χ4n) is 3.82. The number of amides is 2. The molecule has 2 aromatic carbocycles. The summed E-state index contributed by atoms with van der Waals surface area (Å²) in [6, 6.07) is 16.5. The molecule has 1 atom stereocenters. The Kier molecular flexibility index (Phi) is 6.46. The van der Waals surface area contributed by atoms with Crippen molar-refractivity contribution in [2.75, 3.05) is 30.5 Å². The lowest BCUT2D eigenvalue weighted by Crippen LogP contribution is -2.23. The van der Waals surface area contributed by atoms with Gasteiger partial charge in [-0.25, -0.2) is 9.48 Å². The summed E-state index contributed by atoms with van der Waals surface area (Å²) in [6.07, 6.45) is 2.72. The zero-order valence-corrected chi connectivity index (χ0v) is 19.0. The van der Waals surface area contributed by atoms with Crippen LogP contribution in [-0.4, -0.2) is 46.6 Å². The number of aryl methyl sites for hydroxylation is 1. The van der Waals surface area contributed by atoms with Crippen LogP contribution in [0.25, 0.3) is 22.5 Å². The summed E-state index contributed by atoms with van der Waals surface area (Å²) in [5.74, 6) is 0.883. The molecule has 0 radical (unpaired) electrons. The molecule has 0 spiro atoms. The molecule has 1 aliphatic rings. The molecule has 1 aliphatic heterocycles. The van der Waals surface area contributed by atoms with Crippen LogP contribution in [-0.2, 0) is 23.8 Å². The lowest BCUT2D eigenvalue weighted by atomic mass is 9.96. The van der Waals surface area contributed by atoms with E-state index in [4.69, 9.17) is 0 Å². The highest BCUT2D eigenvalue weighted by atomic mass is 32.2. The first-order valence-electron chi connectivity index (χ1n) is 10.5. The Morgan fingerprint density at radius 2 is 1.90 bits per heavy atom. The summed E-state index contributed by atoms with van der Waals surface area (Å²) in [4.78, 5) is 14.2. The van der Waals surface area contributed by atoms with Crippen molar-refractivity contribution in [3.63, 3.8) is 0 Å². The summed E-state index contributed by atoms with van der Waals surface area (Å²) < 4.78 is 6.09. The molecule has 1 aromatic heterocycles. The molecule has 3 aromatic rings. The van der Waals surface area contributed by atoms with Gasteiger partial charge < -0.3 is 10.2 Å². The van der Waals surface area contributed by atoms with Crippen molar-refractivity contribution >= 4 is 22.4 Å². The third-order valence-electron chi connectivity index (χ3n) is 5.46. The zero-order valence-electron chi connectivity index (χ0n) is 18.2. The van der Waals surface area contributed by atoms with Crippen LogP contribution in [0, 0.1) is 0 Å². The van der Waals surface area contributed by atoms with Crippen molar-refractivity contribution in [1.82, 2.24) is 20.3 Å². The first-order chi connectivity index (χ1) is 15.1. The molecule has 0 saturated carbocycles. The van der Waals surface area contributed by atoms with E-state index >= 15 is 0 Å². The summed E-state index contributed by atoms with van der Waals surface area (Å²) in [7, 11) is 1.90. The van der Waals surface area contributed by atoms with Gasteiger partial charge >= 0.3 is 6.03 Å². The second-order valence-electron chi connectivity index (χ2n) is 7.61. The number of fused-ring (bicyclic) bond motifs is 5. The van der Waals surface area contributed by atoms with E-state index in [-0.39, 0.29) is 16.7 Å². The lowest BCUT2D eigenvalue weighted by Gasteiger charge is -2.26. The Hall–Kier alpha value is -3.00. The Morgan fingerprint density at radius 3 is 2.71 bits per heavy atom. The SMILES string of the molecule is CC/S(C)=N/C(=O)NCCCn1nnc2c1-c1ccccc1N(C)Cc1ccccc1-2. The van der Waals surface area contributed by atoms with Crippen molar-refractivity contribution < 1.29 is 4.79 Å². The number of anilines is 1. The monoisotopic (exact) mass is 436 g/mol. The van der Waals surface area contributed by atoms with E-state index in [0.29, 0.717) is 13.1 Å². The average Bonchev–Trinajstić information content (AvgIpc) is 3.19. The van der Waals surface area contributed by atoms with Crippen molar-refractivity contribution in [3.05, 3.63) is 54.1 Å². The second kappa shape index (κ2) is 9.43. The van der Waals surface area contributed by atoms with E-state index in [1.54, 1.807) is 0 Å². The molecule has 7 nitrogen and oxygen atoms in total. The third-order valence-corrected chi connectivity index (χ3v) is 6.78. The molecule has 2 heterocycles. The topological polar surface area (TPSA) is 75.4 Å². The van der Waals surface area contributed by atoms with E-state index < -0.39 is 0 Å². The predicted molar refractivity (Wildman–Crippen MR) is 127 cm³/mol. The number of hydrogen-bond donors (Lipinski definition) is 1.